The fourth-order valence-corrected chi connectivity index (χ4v) is 1.85. The van der Waals surface area contributed by atoms with Crippen molar-refractivity contribution in [3.05, 3.63) is 29.3 Å². The summed E-state index contributed by atoms with van der Waals surface area (Å²) in [7, 11) is 0. The molecule has 0 aromatic heterocycles. The zero-order valence-corrected chi connectivity index (χ0v) is 11.6. The fourth-order valence-electron chi connectivity index (χ4n) is 1.85. The number of aliphatic hydroxyl groups is 1. The molecule has 19 heavy (non-hydrogen) atoms. The van der Waals surface area contributed by atoms with Gasteiger partial charge < -0.3 is 15.3 Å². The van der Waals surface area contributed by atoms with Crippen LogP contribution >= 0.6 is 0 Å². The van der Waals surface area contributed by atoms with Crippen molar-refractivity contribution in [2.24, 2.45) is 0 Å². The van der Waals surface area contributed by atoms with Crippen molar-refractivity contribution in [1.82, 2.24) is 4.90 Å². The molecular weight excluding hydrogens is 244 g/mol. The number of hydrogen-bond acceptors (Lipinski definition) is 3. The molecule has 0 aliphatic carbocycles. The van der Waals surface area contributed by atoms with Crippen molar-refractivity contribution >= 4 is 17.5 Å². The van der Waals surface area contributed by atoms with Gasteiger partial charge in [-0.15, -0.1) is 0 Å². The number of amides is 2. The zero-order chi connectivity index (χ0) is 14.4. The van der Waals surface area contributed by atoms with Gasteiger partial charge in [0.2, 0.25) is 0 Å². The Labute approximate surface area is 113 Å². The molecule has 2 amide bonds. The second kappa shape index (κ2) is 6.89. The van der Waals surface area contributed by atoms with Crippen LogP contribution in [0.25, 0.3) is 0 Å². The van der Waals surface area contributed by atoms with Gasteiger partial charge in [-0.1, -0.05) is 18.2 Å². The van der Waals surface area contributed by atoms with E-state index < -0.39 is 11.8 Å². The van der Waals surface area contributed by atoms with Crippen molar-refractivity contribution in [1.29, 1.82) is 0 Å². The van der Waals surface area contributed by atoms with E-state index in [9.17, 15) is 9.59 Å². The summed E-state index contributed by atoms with van der Waals surface area (Å²) in [6.07, 6.45) is 0. The molecule has 0 aliphatic rings. The van der Waals surface area contributed by atoms with Crippen LogP contribution in [0.2, 0.25) is 0 Å². The van der Waals surface area contributed by atoms with Crippen LogP contribution in [-0.4, -0.2) is 41.5 Å². The van der Waals surface area contributed by atoms with E-state index in [1.54, 1.807) is 6.92 Å². The summed E-state index contributed by atoms with van der Waals surface area (Å²) in [5.41, 5.74) is 2.48. The van der Waals surface area contributed by atoms with Crippen LogP contribution in [0, 0.1) is 13.8 Å². The molecule has 104 valence electrons. The van der Waals surface area contributed by atoms with Gasteiger partial charge in [0.25, 0.3) is 0 Å². The fraction of sp³-hybridized carbons (Fsp3) is 0.429. The number of nitrogens with one attached hydrogen (secondary N) is 1. The number of anilines is 1. The summed E-state index contributed by atoms with van der Waals surface area (Å²) in [6.45, 7) is 5.90. The molecule has 0 saturated heterocycles. The highest BCUT2D eigenvalue weighted by molar-refractivity contribution is 6.39. The predicted molar refractivity (Wildman–Crippen MR) is 73.9 cm³/mol. The van der Waals surface area contributed by atoms with Gasteiger partial charge >= 0.3 is 11.8 Å². The van der Waals surface area contributed by atoms with E-state index in [1.165, 1.54) is 4.90 Å². The van der Waals surface area contributed by atoms with E-state index in [4.69, 9.17) is 5.11 Å². The molecule has 5 heteroatoms. The Morgan fingerprint density at radius 3 is 2.32 bits per heavy atom. The molecule has 2 N–H and O–H groups in total. The number of aliphatic hydroxyl groups excluding tert-OH is 1. The average Bonchev–Trinajstić information content (AvgIpc) is 2.39. The summed E-state index contributed by atoms with van der Waals surface area (Å²) >= 11 is 0. The van der Waals surface area contributed by atoms with Crippen LogP contribution in [0.1, 0.15) is 18.1 Å². The van der Waals surface area contributed by atoms with Crippen LogP contribution in [0.4, 0.5) is 5.69 Å². The number of hydrogen-bond donors (Lipinski definition) is 2. The lowest BCUT2D eigenvalue weighted by Gasteiger charge is -2.19. The Hall–Kier alpha value is -1.88. The molecule has 0 unspecified atom stereocenters. The van der Waals surface area contributed by atoms with Gasteiger partial charge in [-0.25, -0.2) is 0 Å². The Morgan fingerprint density at radius 1 is 1.26 bits per heavy atom. The number of rotatable bonds is 4. The molecule has 0 bridgehead atoms. The number of likely N-dealkylation sites (N-methyl/N-ethyl adjacent to an activating group) is 1. The lowest BCUT2D eigenvalue weighted by atomic mass is 10.1. The second-order valence-corrected chi connectivity index (χ2v) is 4.33. The van der Waals surface area contributed by atoms with Crippen molar-refractivity contribution in [2.45, 2.75) is 20.8 Å². The monoisotopic (exact) mass is 264 g/mol. The molecule has 5 nitrogen and oxygen atoms in total. The molecule has 0 saturated carbocycles. The minimum atomic E-state index is -0.673. The molecule has 1 aromatic rings. The van der Waals surface area contributed by atoms with Crippen LogP contribution in [0.15, 0.2) is 18.2 Å². The van der Waals surface area contributed by atoms with Crippen LogP contribution in [-0.2, 0) is 9.59 Å². The van der Waals surface area contributed by atoms with Gasteiger partial charge in [-0.3, -0.25) is 9.59 Å². The number of aryl methyl sites for hydroxylation is 2. The molecular formula is C14H20N2O3. The van der Waals surface area contributed by atoms with E-state index in [1.807, 2.05) is 32.0 Å². The Bertz CT molecular complexity index is 452. The molecule has 0 aliphatic heterocycles. The molecule has 0 heterocycles. The average molecular weight is 264 g/mol. The highest BCUT2D eigenvalue weighted by atomic mass is 16.3. The van der Waals surface area contributed by atoms with E-state index in [-0.39, 0.29) is 13.2 Å². The van der Waals surface area contributed by atoms with Crippen LogP contribution < -0.4 is 5.32 Å². The third-order valence-electron chi connectivity index (χ3n) is 2.95. The Morgan fingerprint density at radius 2 is 1.84 bits per heavy atom. The highest BCUT2D eigenvalue weighted by Gasteiger charge is 2.21. The summed E-state index contributed by atoms with van der Waals surface area (Å²) in [6, 6.07) is 5.64. The SMILES string of the molecule is CCN(CCO)C(=O)C(=O)Nc1c(C)cccc1C. The van der Waals surface area contributed by atoms with E-state index in [0.29, 0.717) is 12.2 Å². The first-order chi connectivity index (χ1) is 9.01. The lowest BCUT2D eigenvalue weighted by Crippen LogP contribution is -2.41. The number of carbonyl (C=O) groups is 2. The van der Waals surface area contributed by atoms with Crippen molar-refractivity contribution in [2.75, 3.05) is 25.0 Å². The number of carbonyl (C=O) groups excluding carboxylic acids is 2. The largest absolute Gasteiger partial charge is 0.395 e. The van der Waals surface area contributed by atoms with Crippen molar-refractivity contribution < 1.29 is 14.7 Å². The number of nitrogens with zero attached hydrogens (tertiary/aromatic N) is 1. The van der Waals surface area contributed by atoms with Gasteiger partial charge in [0.1, 0.15) is 0 Å². The van der Waals surface area contributed by atoms with Gasteiger partial charge in [-0.2, -0.15) is 0 Å². The van der Waals surface area contributed by atoms with E-state index in [2.05, 4.69) is 5.32 Å². The highest BCUT2D eigenvalue weighted by Crippen LogP contribution is 2.19. The maximum Gasteiger partial charge on any atom is 0.313 e. The third-order valence-corrected chi connectivity index (χ3v) is 2.95. The smallest absolute Gasteiger partial charge is 0.313 e. The molecule has 0 radical (unpaired) electrons. The van der Waals surface area contributed by atoms with Crippen molar-refractivity contribution in [3.63, 3.8) is 0 Å². The van der Waals surface area contributed by atoms with Crippen LogP contribution in [0.3, 0.4) is 0 Å². The number of para-hydroxylation sites is 1. The molecule has 0 fully saturated rings. The van der Waals surface area contributed by atoms with Crippen LogP contribution in [0.5, 0.6) is 0 Å². The molecule has 0 spiro atoms. The predicted octanol–water partition coefficient (Wildman–Crippen LogP) is 1.08. The zero-order valence-electron chi connectivity index (χ0n) is 11.6. The number of benzene rings is 1. The third kappa shape index (κ3) is 3.79. The van der Waals surface area contributed by atoms with E-state index in [0.717, 1.165) is 11.1 Å². The molecule has 1 aromatic carbocycles. The Kier molecular flexibility index (Phi) is 5.51. The summed E-state index contributed by atoms with van der Waals surface area (Å²) in [5, 5.41) is 11.5. The Balaban J connectivity index is 2.82. The lowest BCUT2D eigenvalue weighted by molar-refractivity contribution is -0.143. The maximum absolute atomic E-state index is 11.9. The minimum absolute atomic E-state index is 0.156. The first-order valence-corrected chi connectivity index (χ1v) is 6.28. The van der Waals surface area contributed by atoms with Crippen molar-refractivity contribution in [3.8, 4) is 0 Å². The van der Waals surface area contributed by atoms with Gasteiger partial charge in [0.15, 0.2) is 0 Å². The molecule has 0 atom stereocenters. The van der Waals surface area contributed by atoms with Gasteiger partial charge in [0.05, 0.1) is 6.61 Å². The normalized spacial score (nSPS) is 10.1. The topological polar surface area (TPSA) is 69.6 Å². The van der Waals surface area contributed by atoms with Gasteiger partial charge in [-0.05, 0) is 31.9 Å². The maximum atomic E-state index is 11.9. The summed E-state index contributed by atoms with van der Waals surface area (Å²) in [5.74, 6) is -1.30. The summed E-state index contributed by atoms with van der Waals surface area (Å²) < 4.78 is 0. The van der Waals surface area contributed by atoms with E-state index >= 15 is 0 Å². The standard InChI is InChI=1S/C14H20N2O3/c1-4-16(8-9-17)14(19)13(18)15-12-10(2)6-5-7-11(12)3/h5-7,17H,4,8-9H2,1-3H3,(H,15,18). The summed E-state index contributed by atoms with van der Waals surface area (Å²) in [4.78, 5) is 25.1. The van der Waals surface area contributed by atoms with Gasteiger partial charge in [0, 0.05) is 18.8 Å². The first-order valence-electron chi connectivity index (χ1n) is 6.28. The minimum Gasteiger partial charge on any atom is -0.395 e. The first kappa shape index (κ1) is 15.2. The second-order valence-electron chi connectivity index (χ2n) is 4.33. The molecule has 1 rings (SSSR count). The quantitative estimate of drug-likeness (QED) is 0.800.